The van der Waals surface area contributed by atoms with E-state index in [-0.39, 0.29) is 23.5 Å². The molecule has 1 aromatic carbocycles. The maximum atomic E-state index is 11.5. The fourth-order valence-electron chi connectivity index (χ4n) is 1.62. The molecule has 1 heterocycles. The van der Waals surface area contributed by atoms with Crippen LogP contribution < -0.4 is 10.6 Å². The average Bonchev–Trinajstić information content (AvgIpc) is 2.47. The SMILES string of the molecule is CCC(=O)Nc1nc2ccccc2nc1NC(=O)CC. The number of benzene rings is 1. The van der Waals surface area contributed by atoms with Crippen molar-refractivity contribution in [2.75, 3.05) is 10.6 Å². The second-order valence-electron chi connectivity index (χ2n) is 4.21. The minimum Gasteiger partial charge on any atom is -0.308 e. The van der Waals surface area contributed by atoms with Crippen LogP contribution >= 0.6 is 0 Å². The molecule has 0 unspecified atom stereocenters. The van der Waals surface area contributed by atoms with Gasteiger partial charge in [-0.1, -0.05) is 26.0 Å². The van der Waals surface area contributed by atoms with Crippen molar-refractivity contribution in [2.45, 2.75) is 26.7 Å². The van der Waals surface area contributed by atoms with E-state index in [1.807, 2.05) is 12.1 Å². The molecular formula is C14H16N4O2. The summed E-state index contributed by atoms with van der Waals surface area (Å²) in [5, 5.41) is 5.31. The highest BCUT2D eigenvalue weighted by Crippen LogP contribution is 2.21. The highest BCUT2D eigenvalue weighted by Gasteiger charge is 2.12. The quantitative estimate of drug-likeness (QED) is 0.894. The number of carbonyl (C=O) groups is 2. The third-order valence-corrected chi connectivity index (χ3v) is 2.73. The zero-order chi connectivity index (χ0) is 14.5. The van der Waals surface area contributed by atoms with Crippen LogP contribution in [-0.4, -0.2) is 21.8 Å². The highest BCUT2D eigenvalue weighted by atomic mass is 16.2. The van der Waals surface area contributed by atoms with E-state index in [1.54, 1.807) is 26.0 Å². The summed E-state index contributed by atoms with van der Waals surface area (Å²) in [6.45, 7) is 3.49. The number of hydrogen-bond donors (Lipinski definition) is 2. The molecule has 0 saturated carbocycles. The maximum Gasteiger partial charge on any atom is 0.225 e. The van der Waals surface area contributed by atoms with E-state index in [0.29, 0.717) is 23.9 Å². The number of nitrogens with one attached hydrogen (secondary N) is 2. The first kappa shape index (κ1) is 13.9. The van der Waals surface area contributed by atoms with Crippen LogP contribution in [0.15, 0.2) is 24.3 Å². The maximum absolute atomic E-state index is 11.5. The number of rotatable bonds is 4. The van der Waals surface area contributed by atoms with Crippen LogP contribution in [0.5, 0.6) is 0 Å². The van der Waals surface area contributed by atoms with Crippen molar-refractivity contribution in [1.82, 2.24) is 9.97 Å². The van der Waals surface area contributed by atoms with E-state index in [4.69, 9.17) is 0 Å². The standard InChI is InChI=1S/C14H16N4O2/c1-3-11(19)17-13-14(18-12(20)4-2)16-10-8-6-5-7-9(10)15-13/h5-8H,3-4H2,1-2H3,(H,15,17,19)(H,16,18,20). The smallest absolute Gasteiger partial charge is 0.225 e. The van der Waals surface area contributed by atoms with Crippen LogP contribution in [0.2, 0.25) is 0 Å². The monoisotopic (exact) mass is 272 g/mol. The van der Waals surface area contributed by atoms with Crippen LogP contribution in [0.25, 0.3) is 11.0 Å². The van der Waals surface area contributed by atoms with Crippen molar-refractivity contribution in [3.05, 3.63) is 24.3 Å². The van der Waals surface area contributed by atoms with Gasteiger partial charge in [0.25, 0.3) is 0 Å². The van der Waals surface area contributed by atoms with Gasteiger partial charge in [0, 0.05) is 12.8 Å². The molecule has 104 valence electrons. The Bertz CT molecular complexity index is 598. The molecular weight excluding hydrogens is 256 g/mol. The summed E-state index contributed by atoms with van der Waals surface area (Å²) in [6, 6.07) is 7.28. The van der Waals surface area contributed by atoms with Crippen molar-refractivity contribution >= 4 is 34.5 Å². The van der Waals surface area contributed by atoms with E-state index >= 15 is 0 Å². The Morgan fingerprint density at radius 1 is 0.900 bits per heavy atom. The summed E-state index contributed by atoms with van der Waals surface area (Å²) in [7, 11) is 0. The molecule has 0 fully saturated rings. The Labute approximate surface area is 116 Å². The van der Waals surface area contributed by atoms with Crippen LogP contribution in [-0.2, 0) is 9.59 Å². The van der Waals surface area contributed by atoms with Gasteiger partial charge in [-0.2, -0.15) is 0 Å². The van der Waals surface area contributed by atoms with Gasteiger partial charge < -0.3 is 10.6 Å². The summed E-state index contributed by atoms with van der Waals surface area (Å²) in [6.07, 6.45) is 0.658. The molecule has 2 aromatic rings. The lowest BCUT2D eigenvalue weighted by Crippen LogP contribution is -2.17. The Kier molecular flexibility index (Phi) is 4.24. The minimum absolute atomic E-state index is 0.179. The first-order chi connectivity index (χ1) is 9.63. The molecule has 6 nitrogen and oxygen atoms in total. The van der Waals surface area contributed by atoms with E-state index in [2.05, 4.69) is 20.6 Å². The number of anilines is 2. The van der Waals surface area contributed by atoms with Gasteiger partial charge in [-0.05, 0) is 12.1 Å². The van der Waals surface area contributed by atoms with Gasteiger partial charge in [-0.3, -0.25) is 9.59 Å². The van der Waals surface area contributed by atoms with Crippen LogP contribution in [0.1, 0.15) is 26.7 Å². The second-order valence-corrected chi connectivity index (χ2v) is 4.21. The lowest BCUT2D eigenvalue weighted by molar-refractivity contribution is -0.116. The molecule has 0 spiro atoms. The summed E-state index contributed by atoms with van der Waals surface area (Å²) in [5.41, 5.74) is 1.32. The Hall–Kier alpha value is -2.50. The van der Waals surface area contributed by atoms with Crippen molar-refractivity contribution in [3.8, 4) is 0 Å². The number of aromatic nitrogens is 2. The van der Waals surface area contributed by atoms with Gasteiger partial charge in [0.2, 0.25) is 11.8 Å². The summed E-state index contributed by atoms with van der Waals surface area (Å²) < 4.78 is 0. The highest BCUT2D eigenvalue weighted by molar-refractivity contribution is 5.98. The Morgan fingerprint density at radius 2 is 1.30 bits per heavy atom. The van der Waals surface area contributed by atoms with Gasteiger partial charge >= 0.3 is 0 Å². The first-order valence-corrected chi connectivity index (χ1v) is 6.50. The van der Waals surface area contributed by atoms with Crippen molar-refractivity contribution in [1.29, 1.82) is 0 Å². The predicted molar refractivity (Wildman–Crippen MR) is 77.4 cm³/mol. The molecule has 0 bridgehead atoms. The number of para-hydroxylation sites is 2. The lowest BCUT2D eigenvalue weighted by Gasteiger charge is -2.11. The van der Waals surface area contributed by atoms with Gasteiger partial charge in [-0.15, -0.1) is 0 Å². The van der Waals surface area contributed by atoms with Crippen molar-refractivity contribution in [3.63, 3.8) is 0 Å². The molecule has 0 aliphatic carbocycles. The van der Waals surface area contributed by atoms with E-state index in [9.17, 15) is 9.59 Å². The number of amides is 2. The van der Waals surface area contributed by atoms with E-state index in [0.717, 1.165) is 0 Å². The van der Waals surface area contributed by atoms with Crippen molar-refractivity contribution < 1.29 is 9.59 Å². The average molecular weight is 272 g/mol. The lowest BCUT2D eigenvalue weighted by atomic mass is 10.3. The normalized spacial score (nSPS) is 10.3. The number of nitrogens with zero attached hydrogens (tertiary/aromatic N) is 2. The molecule has 2 rings (SSSR count). The minimum atomic E-state index is -0.179. The molecule has 0 aliphatic rings. The number of carbonyl (C=O) groups excluding carboxylic acids is 2. The summed E-state index contributed by atoms with van der Waals surface area (Å²) >= 11 is 0. The summed E-state index contributed by atoms with van der Waals surface area (Å²) in [4.78, 5) is 31.7. The zero-order valence-corrected chi connectivity index (χ0v) is 11.4. The Balaban J connectivity index is 2.46. The zero-order valence-electron chi connectivity index (χ0n) is 11.4. The number of hydrogen-bond acceptors (Lipinski definition) is 4. The van der Waals surface area contributed by atoms with Gasteiger partial charge in [0.15, 0.2) is 11.6 Å². The fourth-order valence-corrected chi connectivity index (χ4v) is 1.62. The molecule has 0 radical (unpaired) electrons. The molecule has 20 heavy (non-hydrogen) atoms. The van der Waals surface area contributed by atoms with Gasteiger partial charge in [0.05, 0.1) is 11.0 Å². The van der Waals surface area contributed by atoms with Crippen LogP contribution in [0.4, 0.5) is 11.6 Å². The van der Waals surface area contributed by atoms with E-state index in [1.165, 1.54) is 0 Å². The predicted octanol–water partition coefficient (Wildman–Crippen LogP) is 2.33. The topological polar surface area (TPSA) is 84.0 Å². The largest absolute Gasteiger partial charge is 0.308 e. The number of fused-ring (bicyclic) bond motifs is 1. The molecule has 1 aromatic heterocycles. The molecule has 0 saturated heterocycles. The third kappa shape index (κ3) is 3.09. The van der Waals surface area contributed by atoms with Gasteiger partial charge in [0.1, 0.15) is 0 Å². The third-order valence-electron chi connectivity index (χ3n) is 2.73. The Morgan fingerprint density at radius 3 is 1.65 bits per heavy atom. The van der Waals surface area contributed by atoms with Crippen LogP contribution in [0, 0.1) is 0 Å². The second kappa shape index (κ2) is 6.10. The van der Waals surface area contributed by atoms with Crippen molar-refractivity contribution in [2.24, 2.45) is 0 Å². The molecule has 0 atom stereocenters. The van der Waals surface area contributed by atoms with Gasteiger partial charge in [-0.25, -0.2) is 9.97 Å². The van der Waals surface area contributed by atoms with E-state index < -0.39 is 0 Å². The summed E-state index contributed by atoms with van der Waals surface area (Å²) in [5.74, 6) is 0.192. The fraction of sp³-hybridized carbons (Fsp3) is 0.286. The first-order valence-electron chi connectivity index (χ1n) is 6.50. The molecule has 6 heteroatoms. The molecule has 2 N–H and O–H groups in total. The van der Waals surface area contributed by atoms with Crippen LogP contribution in [0.3, 0.4) is 0 Å². The molecule has 0 aliphatic heterocycles. The molecule has 2 amide bonds.